The van der Waals surface area contributed by atoms with Gasteiger partial charge >= 0.3 is 0 Å². The van der Waals surface area contributed by atoms with Gasteiger partial charge in [-0.1, -0.05) is 182 Å². The second-order valence-corrected chi connectivity index (χ2v) is 19.6. The fourth-order valence-corrected chi connectivity index (χ4v) is 12.3. The third-order valence-corrected chi connectivity index (χ3v) is 15.4. The van der Waals surface area contributed by atoms with Crippen molar-refractivity contribution in [2.24, 2.45) is 0 Å². The van der Waals surface area contributed by atoms with Crippen LogP contribution in [0.25, 0.3) is 129 Å². The van der Waals surface area contributed by atoms with Crippen LogP contribution in [0, 0.1) is 0 Å². The van der Waals surface area contributed by atoms with Crippen molar-refractivity contribution in [1.29, 1.82) is 0 Å². The van der Waals surface area contributed by atoms with Gasteiger partial charge in [0.25, 0.3) is 0 Å². The van der Waals surface area contributed by atoms with Crippen LogP contribution in [0.5, 0.6) is 0 Å². The van der Waals surface area contributed by atoms with Gasteiger partial charge in [-0.3, -0.25) is 4.57 Å². The highest BCUT2D eigenvalue weighted by molar-refractivity contribution is 6.16. The Bertz CT molecular complexity index is 4410. The minimum Gasteiger partial charge on any atom is -0.455 e. The zero-order valence-electron chi connectivity index (χ0n) is 40.6. The summed E-state index contributed by atoms with van der Waals surface area (Å²) < 4.78 is 14.2. The van der Waals surface area contributed by atoms with Gasteiger partial charge in [0.05, 0.1) is 27.9 Å². The average Bonchev–Trinajstić information content (AvgIpc) is 4.28. The standard InChI is InChI=1S/C69H48N4O/c1-4-21-45(22-5-1)56-35-20-40-63(70-56)73-59-38-16-10-31-52(59)64(46-23-6-2-7-24-46)68(73)48-27-18-29-50(43-48)71-57-36-14-11-32-53(57)66-60(71)41-42-61-67(66)54-33-12-15-37-58(54)72(61)51-30-19-28-49(44-51)69-65(47-25-8-3-9-26-47)55-34-13-17-39-62(55)74-69/h1-13,16-35,38-44H,14-15,36-37H2. The maximum absolute atomic E-state index is 6.77. The van der Waals surface area contributed by atoms with Crippen molar-refractivity contribution in [2.75, 3.05) is 0 Å². The molecule has 0 spiro atoms. The summed E-state index contributed by atoms with van der Waals surface area (Å²) in [6.45, 7) is 0. The van der Waals surface area contributed by atoms with E-state index in [0.717, 1.165) is 104 Å². The van der Waals surface area contributed by atoms with Gasteiger partial charge in [-0.05, 0) is 97.5 Å². The summed E-state index contributed by atoms with van der Waals surface area (Å²) >= 11 is 0. The summed E-state index contributed by atoms with van der Waals surface area (Å²) in [5.41, 5.74) is 22.0. The number of hydrogen-bond acceptors (Lipinski definition) is 2. The maximum Gasteiger partial charge on any atom is 0.143 e. The molecule has 0 aliphatic heterocycles. The molecule has 0 radical (unpaired) electrons. The fraction of sp³-hybridized carbons (Fsp3) is 0.0580. The van der Waals surface area contributed by atoms with Gasteiger partial charge in [0, 0.05) is 83.3 Å². The average molecular weight is 949 g/mol. The van der Waals surface area contributed by atoms with Crippen LogP contribution < -0.4 is 0 Å². The Labute approximate surface area is 428 Å². The minimum absolute atomic E-state index is 0.878. The molecule has 2 aliphatic carbocycles. The third-order valence-electron chi connectivity index (χ3n) is 15.4. The molecule has 13 aromatic rings. The molecule has 350 valence electrons. The summed E-state index contributed by atoms with van der Waals surface area (Å²) in [6.07, 6.45) is 13.4. The van der Waals surface area contributed by atoms with Crippen molar-refractivity contribution in [2.45, 2.75) is 25.7 Å². The number of benzene rings is 8. The molecule has 0 atom stereocenters. The largest absolute Gasteiger partial charge is 0.455 e. The predicted molar refractivity (Wildman–Crippen MR) is 306 cm³/mol. The molecule has 0 saturated heterocycles. The lowest BCUT2D eigenvalue weighted by Crippen LogP contribution is -2.04. The zero-order chi connectivity index (χ0) is 48.7. The van der Waals surface area contributed by atoms with E-state index in [1.807, 2.05) is 0 Å². The van der Waals surface area contributed by atoms with Crippen LogP contribution in [-0.2, 0) is 12.8 Å². The number of rotatable bonds is 8. The summed E-state index contributed by atoms with van der Waals surface area (Å²) in [4.78, 5) is 5.40. The lowest BCUT2D eigenvalue weighted by atomic mass is 9.96. The first-order valence-electron chi connectivity index (χ1n) is 25.8. The summed E-state index contributed by atoms with van der Waals surface area (Å²) in [7, 11) is 0. The SMILES string of the molecule is C1=Cc2c(n(-c3cccc(-c4oc5ccccc5c4-c4ccccc4)c3)c3ccc4c(c5c(n4-c4cccc(-c6c(-c7ccccc7)c7ccccc7n6-c6cccc(-c7ccccc7)n6)c4)CCC=C5)c23)CC1. The number of pyridine rings is 1. The van der Waals surface area contributed by atoms with Crippen molar-refractivity contribution >= 4 is 55.8 Å². The minimum atomic E-state index is 0.878. The molecule has 5 heteroatoms. The van der Waals surface area contributed by atoms with Gasteiger partial charge in [0.2, 0.25) is 0 Å². The highest BCUT2D eigenvalue weighted by Crippen LogP contribution is 2.47. The first-order chi connectivity index (χ1) is 36.7. The van der Waals surface area contributed by atoms with E-state index in [4.69, 9.17) is 9.40 Å². The van der Waals surface area contributed by atoms with E-state index in [1.165, 1.54) is 60.8 Å². The van der Waals surface area contributed by atoms with Crippen molar-refractivity contribution in [3.8, 4) is 73.3 Å². The topological polar surface area (TPSA) is 40.8 Å². The van der Waals surface area contributed by atoms with Crippen LogP contribution in [0.15, 0.2) is 235 Å². The van der Waals surface area contributed by atoms with Gasteiger partial charge in [-0.25, -0.2) is 4.98 Å². The Morgan fingerprint density at radius 2 is 0.919 bits per heavy atom. The maximum atomic E-state index is 6.77. The molecule has 0 N–H and O–H groups in total. The smallest absolute Gasteiger partial charge is 0.143 e. The quantitative estimate of drug-likeness (QED) is 0.152. The molecule has 0 amide bonds. The van der Waals surface area contributed by atoms with Crippen LogP contribution >= 0.6 is 0 Å². The molecule has 0 bridgehead atoms. The number of aromatic nitrogens is 4. The molecular formula is C69H48N4O. The van der Waals surface area contributed by atoms with Gasteiger partial charge < -0.3 is 13.6 Å². The third kappa shape index (κ3) is 6.60. The first-order valence-corrected chi connectivity index (χ1v) is 25.8. The molecule has 5 aromatic heterocycles. The van der Waals surface area contributed by atoms with Crippen molar-refractivity contribution < 1.29 is 4.42 Å². The number of allylic oxidation sites excluding steroid dienone is 2. The van der Waals surface area contributed by atoms with Crippen molar-refractivity contribution in [3.63, 3.8) is 0 Å². The first kappa shape index (κ1) is 42.3. The summed E-state index contributed by atoms with van der Waals surface area (Å²) in [6, 6.07) is 78.5. The van der Waals surface area contributed by atoms with Crippen molar-refractivity contribution in [3.05, 3.63) is 253 Å². The van der Waals surface area contributed by atoms with E-state index in [0.29, 0.717) is 0 Å². The van der Waals surface area contributed by atoms with Crippen LogP contribution in [-0.4, -0.2) is 18.7 Å². The molecule has 8 aromatic carbocycles. The molecule has 15 rings (SSSR count). The summed E-state index contributed by atoms with van der Waals surface area (Å²) in [5.74, 6) is 1.77. The highest BCUT2D eigenvalue weighted by Gasteiger charge is 2.28. The predicted octanol–water partition coefficient (Wildman–Crippen LogP) is 17.9. The summed E-state index contributed by atoms with van der Waals surface area (Å²) in [5, 5.41) is 4.92. The van der Waals surface area contributed by atoms with E-state index in [2.05, 4.69) is 256 Å². The molecule has 0 fully saturated rings. The number of fused-ring (bicyclic) bond motifs is 9. The van der Waals surface area contributed by atoms with Gasteiger partial charge in [-0.2, -0.15) is 0 Å². The van der Waals surface area contributed by atoms with Crippen molar-refractivity contribution in [1.82, 2.24) is 18.7 Å². The Hall–Kier alpha value is -9.45. The molecular weight excluding hydrogens is 901 g/mol. The Kier molecular flexibility index (Phi) is 9.77. The Balaban J connectivity index is 0.935. The second kappa shape index (κ2) is 17.1. The normalized spacial score (nSPS) is 13.1. The number of nitrogens with zero attached hydrogens (tertiary/aromatic N) is 4. The number of hydrogen-bond donors (Lipinski definition) is 0. The lowest BCUT2D eigenvalue weighted by Gasteiger charge is -2.17. The lowest BCUT2D eigenvalue weighted by molar-refractivity contribution is 0.632. The molecule has 2 aliphatic rings. The van der Waals surface area contributed by atoms with E-state index in [1.54, 1.807) is 0 Å². The molecule has 74 heavy (non-hydrogen) atoms. The number of furan rings is 1. The van der Waals surface area contributed by atoms with E-state index < -0.39 is 0 Å². The van der Waals surface area contributed by atoms with Crippen LogP contribution in [0.2, 0.25) is 0 Å². The van der Waals surface area contributed by atoms with Gasteiger partial charge in [-0.15, -0.1) is 0 Å². The van der Waals surface area contributed by atoms with E-state index in [9.17, 15) is 0 Å². The monoisotopic (exact) mass is 948 g/mol. The highest BCUT2D eigenvalue weighted by atomic mass is 16.3. The number of para-hydroxylation sites is 2. The van der Waals surface area contributed by atoms with Crippen LogP contribution in [0.3, 0.4) is 0 Å². The second-order valence-electron chi connectivity index (χ2n) is 19.6. The zero-order valence-corrected chi connectivity index (χ0v) is 40.6. The molecule has 0 unspecified atom stereocenters. The van der Waals surface area contributed by atoms with Gasteiger partial charge in [0.15, 0.2) is 0 Å². The van der Waals surface area contributed by atoms with Gasteiger partial charge in [0.1, 0.15) is 17.2 Å². The Morgan fingerprint density at radius 3 is 1.58 bits per heavy atom. The van der Waals surface area contributed by atoms with Crippen LogP contribution in [0.1, 0.15) is 35.4 Å². The van der Waals surface area contributed by atoms with E-state index >= 15 is 0 Å². The Morgan fingerprint density at radius 1 is 0.392 bits per heavy atom. The van der Waals surface area contributed by atoms with E-state index in [-0.39, 0.29) is 0 Å². The van der Waals surface area contributed by atoms with Crippen LogP contribution in [0.4, 0.5) is 0 Å². The molecule has 5 nitrogen and oxygen atoms in total. The fourth-order valence-electron chi connectivity index (χ4n) is 12.3. The molecule has 0 saturated carbocycles. The molecule has 5 heterocycles.